The van der Waals surface area contributed by atoms with E-state index < -0.39 is 24.0 Å². The molecule has 0 atom stereocenters. The van der Waals surface area contributed by atoms with E-state index in [1.807, 2.05) is 0 Å². The predicted molar refractivity (Wildman–Crippen MR) is 28.3 cm³/mol. The number of aromatic carboxylic acids is 1. The summed E-state index contributed by atoms with van der Waals surface area (Å²) in [5.74, 6) is -2.82. The van der Waals surface area contributed by atoms with Gasteiger partial charge in [0, 0.05) is 0 Å². The second-order valence-electron chi connectivity index (χ2n) is 1.65. The summed E-state index contributed by atoms with van der Waals surface area (Å²) in [6, 6.07) is 0. The summed E-state index contributed by atoms with van der Waals surface area (Å²) in [4.78, 5) is 13.0. The first-order chi connectivity index (χ1) is 5.11. The highest BCUT2D eigenvalue weighted by Crippen LogP contribution is 2.12. The number of alkyl halides is 2. The van der Waals surface area contributed by atoms with Crippen LogP contribution in [-0.2, 0) is 0 Å². The highest BCUT2D eigenvalue weighted by Gasteiger charge is 2.16. The Morgan fingerprint density at radius 1 is 1.64 bits per heavy atom. The maximum Gasteiger partial charge on any atom is 0.375 e. The number of halogens is 2. The number of nitrogens with one attached hydrogen (secondary N) is 1. The van der Waals surface area contributed by atoms with E-state index in [4.69, 9.17) is 5.11 Å². The number of aromatic nitrogens is 3. The van der Waals surface area contributed by atoms with Crippen molar-refractivity contribution >= 4 is 5.97 Å². The van der Waals surface area contributed by atoms with Crippen molar-refractivity contribution in [2.45, 2.75) is 6.43 Å². The molecule has 0 aliphatic carbocycles. The average molecular weight is 163 g/mol. The van der Waals surface area contributed by atoms with Gasteiger partial charge in [-0.3, -0.25) is 5.10 Å². The third-order valence-corrected chi connectivity index (χ3v) is 0.901. The van der Waals surface area contributed by atoms with Crippen molar-refractivity contribution in [3.63, 3.8) is 0 Å². The minimum absolute atomic E-state index is 0.653. The van der Waals surface area contributed by atoms with Gasteiger partial charge in [-0.25, -0.2) is 13.6 Å². The van der Waals surface area contributed by atoms with Gasteiger partial charge >= 0.3 is 5.97 Å². The molecule has 0 unspecified atom stereocenters. The molecule has 2 N–H and O–H groups in total. The molecular weight excluding hydrogens is 160 g/mol. The molecule has 1 aromatic heterocycles. The molecule has 0 amide bonds. The fourth-order valence-electron chi connectivity index (χ4n) is 0.468. The van der Waals surface area contributed by atoms with Gasteiger partial charge in [-0.2, -0.15) is 4.98 Å². The van der Waals surface area contributed by atoms with Gasteiger partial charge in [-0.05, 0) is 0 Å². The van der Waals surface area contributed by atoms with Gasteiger partial charge in [0.1, 0.15) is 0 Å². The molecular formula is C4H3F2N3O2. The van der Waals surface area contributed by atoms with Crippen molar-refractivity contribution in [1.29, 1.82) is 0 Å². The van der Waals surface area contributed by atoms with Crippen molar-refractivity contribution in [3.05, 3.63) is 11.6 Å². The van der Waals surface area contributed by atoms with E-state index in [0.29, 0.717) is 0 Å². The lowest BCUT2D eigenvalue weighted by Crippen LogP contribution is -1.98. The molecule has 0 spiro atoms. The van der Waals surface area contributed by atoms with Crippen LogP contribution in [-0.4, -0.2) is 26.3 Å². The topological polar surface area (TPSA) is 78.9 Å². The zero-order chi connectivity index (χ0) is 8.43. The number of carbonyl (C=O) groups is 1. The van der Waals surface area contributed by atoms with Crippen molar-refractivity contribution in [2.24, 2.45) is 0 Å². The Morgan fingerprint density at radius 3 is 2.55 bits per heavy atom. The monoisotopic (exact) mass is 163 g/mol. The minimum atomic E-state index is -2.82. The van der Waals surface area contributed by atoms with Gasteiger partial charge in [0.25, 0.3) is 12.2 Å². The first-order valence-corrected chi connectivity index (χ1v) is 2.55. The van der Waals surface area contributed by atoms with Crippen LogP contribution in [0.3, 0.4) is 0 Å². The summed E-state index contributed by atoms with van der Waals surface area (Å²) >= 11 is 0. The molecule has 11 heavy (non-hydrogen) atoms. The van der Waals surface area contributed by atoms with Crippen LogP contribution in [0.5, 0.6) is 0 Å². The minimum Gasteiger partial charge on any atom is -0.475 e. The number of aromatic amines is 1. The van der Waals surface area contributed by atoms with Crippen molar-refractivity contribution in [3.8, 4) is 0 Å². The summed E-state index contributed by atoms with van der Waals surface area (Å²) in [5.41, 5.74) is 0. The van der Waals surface area contributed by atoms with E-state index in [1.54, 1.807) is 5.10 Å². The molecule has 0 saturated carbocycles. The zero-order valence-corrected chi connectivity index (χ0v) is 5.08. The van der Waals surface area contributed by atoms with Crippen molar-refractivity contribution in [1.82, 2.24) is 15.2 Å². The molecule has 5 nitrogen and oxygen atoms in total. The molecule has 0 aliphatic heterocycles. The number of H-pyrrole nitrogens is 1. The Labute approximate surface area is 59.1 Å². The number of nitrogens with zero attached hydrogens (tertiary/aromatic N) is 2. The lowest BCUT2D eigenvalue weighted by molar-refractivity contribution is 0.0683. The number of hydrogen-bond donors (Lipinski definition) is 2. The average Bonchev–Trinajstić information content (AvgIpc) is 2.33. The van der Waals surface area contributed by atoms with Crippen LogP contribution >= 0.6 is 0 Å². The van der Waals surface area contributed by atoms with Crippen LogP contribution in [0.2, 0.25) is 0 Å². The molecule has 0 aliphatic rings. The molecule has 0 saturated heterocycles. The fourth-order valence-corrected chi connectivity index (χ4v) is 0.468. The largest absolute Gasteiger partial charge is 0.475 e. The Hall–Kier alpha value is -1.53. The molecule has 1 heterocycles. The summed E-state index contributed by atoms with van der Waals surface area (Å²) in [6.07, 6.45) is -2.82. The first-order valence-electron chi connectivity index (χ1n) is 2.55. The van der Waals surface area contributed by atoms with Crippen LogP contribution in [0.15, 0.2) is 0 Å². The van der Waals surface area contributed by atoms with E-state index in [9.17, 15) is 13.6 Å². The van der Waals surface area contributed by atoms with Gasteiger partial charge < -0.3 is 5.11 Å². The third-order valence-electron chi connectivity index (χ3n) is 0.901. The van der Waals surface area contributed by atoms with Crippen LogP contribution in [0, 0.1) is 0 Å². The van der Waals surface area contributed by atoms with Crippen molar-refractivity contribution in [2.75, 3.05) is 0 Å². The lowest BCUT2D eigenvalue weighted by Gasteiger charge is -1.86. The predicted octanol–water partition coefficient (Wildman–Crippen LogP) is 0.440. The smallest absolute Gasteiger partial charge is 0.375 e. The highest BCUT2D eigenvalue weighted by molar-refractivity contribution is 5.82. The third kappa shape index (κ3) is 1.48. The standard InChI is InChI=1S/C4H3F2N3O2/c5-1(6)2-7-3(4(10)11)9-8-2/h1H,(H,10,11)(H,7,8,9). The SMILES string of the molecule is O=C(O)c1n[nH]c(C(F)F)n1. The summed E-state index contributed by atoms with van der Waals surface area (Å²) in [7, 11) is 0. The van der Waals surface area contributed by atoms with E-state index in [0.717, 1.165) is 0 Å². The summed E-state index contributed by atoms with van der Waals surface area (Å²) in [6.45, 7) is 0. The number of rotatable bonds is 2. The van der Waals surface area contributed by atoms with E-state index in [-0.39, 0.29) is 0 Å². The molecule has 1 rings (SSSR count). The summed E-state index contributed by atoms with van der Waals surface area (Å²) in [5, 5.41) is 13.0. The van der Waals surface area contributed by atoms with Gasteiger partial charge in [0.05, 0.1) is 0 Å². The van der Waals surface area contributed by atoms with E-state index in [2.05, 4.69) is 10.1 Å². The van der Waals surface area contributed by atoms with Gasteiger partial charge in [-0.15, -0.1) is 5.10 Å². The van der Waals surface area contributed by atoms with Crippen LogP contribution in [0.1, 0.15) is 22.9 Å². The second-order valence-corrected chi connectivity index (χ2v) is 1.65. The second kappa shape index (κ2) is 2.60. The molecule has 7 heteroatoms. The van der Waals surface area contributed by atoms with Crippen LogP contribution in [0.25, 0.3) is 0 Å². The Morgan fingerprint density at radius 2 is 2.27 bits per heavy atom. The molecule has 0 aromatic carbocycles. The lowest BCUT2D eigenvalue weighted by atomic mass is 10.6. The maximum absolute atomic E-state index is 11.7. The fraction of sp³-hybridized carbons (Fsp3) is 0.250. The number of hydrogen-bond acceptors (Lipinski definition) is 3. The number of carboxylic acids is 1. The highest BCUT2D eigenvalue weighted by atomic mass is 19.3. The van der Waals surface area contributed by atoms with Gasteiger partial charge in [-0.1, -0.05) is 0 Å². The normalized spacial score (nSPS) is 10.5. The zero-order valence-electron chi connectivity index (χ0n) is 5.08. The van der Waals surface area contributed by atoms with Gasteiger partial charge in [0.15, 0.2) is 5.82 Å². The molecule has 0 radical (unpaired) electrons. The summed E-state index contributed by atoms with van der Waals surface area (Å²) < 4.78 is 23.4. The number of carboxylic acid groups (broad SMARTS) is 1. The van der Waals surface area contributed by atoms with E-state index in [1.165, 1.54) is 0 Å². The molecule has 1 aromatic rings. The molecule has 60 valence electrons. The van der Waals surface area contributed by atoms with Gasteiger partial charge in [0.2, 0.25) is 0 Å². The Kier molecular flexibility index (Phi) is 1.79. The first kappa shape index (κ1) is 7.58. The van der Waals surface area contributed by atoms with E-state index >= 15 is 0 Å². The maximum atomic E-state index is 11.7. The van der Waals surface area contributed by atoms with Crippen LogP contribution in [0.4, 0.5) is 8.78 Å². The quantitative estimate of drug-likeness (QED) is 0.662. The van der Waals surface area contributed by atoms with Crippen LogP contribution < -0.4 is 0 Å². The molecule has 0 fully saturated rings. The van der Waals surface area contributed by atoms with Crippen molar-refractivity contribution < 1.29 is 18.7 Å². The molecule has 0 bridgehead atoms. The Balaban J connectivity index is 2.90. The Bertz CT molecular complexity index is 272.